The summed E-state index contributed by atoms with van der Waals surface area (Å²) in [6.45, 7) is 5.18. The lowest BCUT2D eigenvalue weighted by atomic mass is 9.89. The molecule has 0 amide bonds. The molecule has 0 bridgehead atoms. The molecule has 2 heterocycles. The van der Waals surface area contributed by atoms with E-state index in [0.29, 0.717) is 12.1 Å². The van der Waals surface area contributed by atoms with Gasteiger partial charge >= 0.3 is 0 Å². The fourth-order valence-electron chi connectivity index (χ4n) is 2.66. The van der Waals surface area contributed by atoms with Gasteiger partial charge in [-0.05, 0) is 50.0 Å². The van der Waals surface area contributed by atoms with Gasteiger partial charge < -0.3 is 10.1 Å². The van der Waals surface area contributed by atoms with Gasteiger partial charge in [0.25, 0.3) is 0 Å². The molecule has 1 aliphatic carbocycles. The first kappa shape index (κ1) is 13.6. The van der Waals surface area contributed by atoms with Crippen molar-refractivity contribution < 1.29 is 4.74 Å². The van der Waals surface area contributed by atoms with Gasteiger partial charge in [0.2, 0.25) is 11.8 Å². The van der Waals surface area contributed by atoms with Crippen molar-refractivity contribution in [2.75, 3.05) is 11.9 Å². The predicted octanol–water partition coefficient (Wildman–Crippen LogP) is 4.08. The van der Waals surface area contributed by atoms with Crippen LogP contribution < -0.4 is 10.1 Å². The second kappa shape index (κ2) is 5.95. The molecule has 0 radical (unpaired) electrons. The Balaban J connectivity index is 1.83. The maximum absolute atomic E-state index is 6.18. The molecule has 0 aliphatic heterocycles. The third-order valence-corrected chi connectivity index (χ3v) is 4.67. The van der Waals surface area contributed by atoms with Gasteiger partial charge in [0.05, 0.1) is 5.39 Å². The Bertz CT molecular complexity index is 576. The Labute approximate surface area is 123 Å². The molecule has 1 fully saturated rings. The second-order valence-corrected chi connectivity index (χ2v) is 6.42. The van der Waals surface area contributed by atoms with E-state index in [9.17, 15) is 0 Å². The molecule has 1 aliphatic rings. The number of aromatic nitrogens is 2. The average Bonchev–Trinajstić information content (AvgIpc) is 2.90. The van der Waals surface area contributed by atoms with Crippen molar-refractivity contribution in [2.24, 2.45) is 5.92 Å². The number of ether oxygens (including phenoxy) is 1. The predicted molar refractivity (Wildman–Crippen MR) is 83.6 cm³/mol. The van der Waals surface area contributed by atoms with E-state index in [2.05, 4.69) is 28.3 Å². The third-order valence-electron chi connectivity index (χ3n) is 3.87. The highest BCUT2D eigenvalue weighted by molar-refractivity contribution is 7.16. The van der Waals surface area contributed by atoms with E-state index < -0.39 is 0 Å². The van der Waals surface area contributed by atoms with Crippen molar-refractivity contribution in [1.82, 2.24) is 9.97 Å². The fraction of sp³-hybridized carbons (Fsp3) is 0.600. The van der Waals surface area contributed by atoms with Gasteiger partial charge in [-0.15, -0.1) is 11.3 Å². The maximum Gasteiger partial charge on any atom is 0.227 e. The lowest BCUT2D eigenvalue weighted by Gasteiger charge is -2.26. The van der Waals surface area contributed by atoms with Crippen molar-refractivity contribution in [1.29, 1.82) is 0 Å². The summed E-state index contributed by atoms with van der Waals surface area (Å²) in [5.41, 5.74) is 0. The summed E-state index contributed by atoms with van der Waals surface area (Å²) in [5, 5.41) is 6.26. The maximum atomic E-state index is 6.18. The molecule has 1 saturated carbocycles. The summed E-state index contributed by atoms with van der Waals surface area (Å²) in [4.78, 5) is 10.0. The van der Waals surface area contributed by atoms with Crippen molar-refractivity contribution in [3.8, 4) is 5.88 Å². The van der Waals surface area contributed by atoms with Crippen LogP contribution in [0.3, 0.4) is 0 Å². The molecule has 4 nitrogen and oxygen atoms in total. The van der Waals surface area contributed by atoms with E-state index in [1.807, 2.05) is 12.3 Å². The first-order valence-electron chi connectivity index (χ1n) is 7.42. The van der Waals surface area contributed by atoms with Gasteiger partial charge in [-0.3, -0.25) is 0 Å². The fourth-order valence-corrected chi connectivity index (χ4v) is 3.41. The van der Waals surface area contributed by atoms with Crippen LogP contribution in [0.15, 0.2) is 11.4 Å². The number of fused-ring (bicyclic) bond motifs is 1. The minimum atomic E-state index is 0.304. The Morgan fingerprint density at radius 2 is 2.10 bits per heavy atom. The zero-order valence-electron chi connectivity index (χ0n) is 12.1. The molecule has 0 unspecified atom stereocenters. The van der Waals surface area contributed by atoms with Crippen LogP contribution in [0, 0.1) is 5.92 Å². The normalized spacial score (nSPS) is 22.9. The summed E-state index contributed by atoms with van der Waals surface area (Å²) in [6.07, 6.45) is 5.07. The van der Waals surface area contributed by atoms with Crippen LogP contribution in [0.5, 0.6) is 5.88 Å². The zero-order chi connectivity index (χ0) is 13.9. The van der Waals surface area contributed by atoms with Gasteiger partial charge in [0.1, 0.15) is 10.9 Å². The summed E-state index contributed by atoms with van der Waals surface area (Å²) in [7, 11) is 0. The molecule has 0 atom stereocenters. The lowest BCUT2D eigenvalue weighted by molar-refractivity contribution is 0.132. The monoisotopic (exact) mass is 291 g/mol. The Hall–Kier alpha value is -1.36. The van der Waals surface area contributed by atoms with Gasteiger partial charge in [0, 0.05) is 6.54 Å². The number of nitrogens with one attached hydrogen (secondary N) is 1. The first-order valence-corrected chi connectivity index (χ1v) is 8.30. The van der Waals surface area contributed by atoms with Gasteiger partial charge in [-0.1, -0.05) is 6.92 Å². The van der Waals surface area contributed by atoms with E-state index in [0.717, 1.165) is 41.4 Å². The van der Waals surface area contributed by atoms with Crippen LogP contribution in [0.4, 0.5) is 5.95 Å². The highest BCUT2D eigenvalue weighted by Crippen LogP contribution is 2.32. The smallest absolute Gasteiger partial charge is 0.227 e. The van der Waals surface area contributed by atoms with Crippen molar-refractivity contribution >= 4 is 27.5 Å². The molecule has 0 spiro atoms. The number of thiophene rings is 1. The molecule has 1 N–H and O–H groups in total. The van der Waals surface area contributed by atoms with Crippen molar-refractivity contribution in [3.63, 3.8) is 0 Å². The SMILES string of the molecule is CCNc1nc(OC2CCC(C)CC2)c2ccsc2n1. The van der Waals surface area contributed by atoms with E-state index >= 15 is 0 Å². The summed E-state index contributed by atoms with van der Waals surface area (Å²) >= 11 is 1.63. The summed E-state index contributed by atoms with van der Waals surface area (Å²) in [6, 6.07) is 2.05. The quantitative estimate of drug-likeness (QED) is 0.922. The highest BCUT2D eigenvalue weighted by atomic mass is 32.1. The third kappa shape index (κ3) is 2.87. The first-order chi connectivity index (χ1) is 9.76. The largest absolute Gasteiger partial charge is 0.474 e. The molecule has 20 heavy (non-hydrogen) atoms. The second-order valence-electron chi connectivity index (χ2n) is 5.52. The standard InChI is InChI=1S/C15H21N3OS/c1-3-16-15-17-13(12-8-9-20-14(12)18-15)19-11-6-4-10(2)5-7-11/h8-11H,3-7H2,1-2H3,(H,16,17,18). The minimum Gasteiger partial charge on any atom is -0.474 e. The van der Waals surface area contributed by atoms with E-state index in [1.54, 1.807) is 11.3 Å². The van der Waals surface area contributed by atoms with Gasteiger partial charge in [-0.2, -0.15) is 4.98 Å². The number of hydrogen-bond donors (Lipinski definition) is 1. The minimum absolute atomic E-state index is 0.304. The van der Waals surface area contributed by atoms with Crippen LogP contribution in [0.1, 0.15) is 39.5 Å². The highest BCUT2D eigenvalue weighted by Gasteiger charge is 2.21. The Morgan fingerprint density at radius 3 is 2.85 bits per heavy atom. The van der Waals surface area contributed by atoms with Crippen LogP contribution in [-0.2, 0) is 0 Å². The molecular weight excluding hydrogens is 270 g/mol. The summed E-state index contributed by atoms with van der Waals surface area (Å²) in [5.74, 6) is 2.24. The summed E-state index contributed by atoms with van der Waals surface area (Å²) < 4.78 is 6.18. The number of hydrogen-bond acceptors (Lipinski definition) is 5. The van der Waals surface area contributed by atoms with Crippen molar-refractivity contribution in [3.05, 3.63) is 11.4 Å². The molecule has 5 heteroatoms. The molecule has 0 aromatic carbocycles. The molecular formula is C15H21N3OS. The van der Waals surface area contributed by atoms with E-state index in [1.165, 1.54) is 12.8 Å². The Morgan fingerprint density at radius 1 is 1.30 bits per heavy atom. The molecule has 2 aromatic rings. The van der Waals surface area contributed by atoms with E-state index in [4.69, 9.17) is 4.74 Å². The van der Waals surface area contributed by atoms with Gasteiger partial charge in [0.15, 0.2) is 0 Å². The molecule has 0 saturated heterocycles. The number of rotatable bonds is 4. The average molecular weight is 291 g/mol. The van der Waals surface area contributed by atoms with E-state index in [-0.39, 0.29) is 0 Å². The molecule has 3 rings (SSSR count). The Kier molecular flexibility index (Phi) is 4.05. The van der Waals surface area contributed by atoms with Crippen LogP contribution in [0.2, 0.25) is 0 Å². The zero-order valence-corrected chi connectivity index (χ0v) is 12.9. The van der Waals surface area contributed by atoms with Crippen LogP contribution in [-0.4, -0.2) is 22.6 Å². The number of anilines is 1. The molecule has 2 aromatic heterocycles. The lowest BCUT2D eigenvalue weighted by Crippen LogP contribution is -2.23. The topological polar surface area (TPSA) is 47.0 Å². The van der Waals surface area contributed by atoms with Crippen LogP contribution in [0.25, 0.3) is 10.2 Å². The molecule has 108 valence electrons. The van der Waals surface area contributed by atoms with Gasteiger partial charge in [-0.25, -0.2) is 4.98 Å². The van der Waals surface area contributed by atoms with Crippen molar-refractivity contribution in [2.45, 2.75) is 45.6 Å². The number of nitrogens with zero attached hydrogens (tertiary/aromatic N) is 2. The van der Waals surface area contributed by atoms with Crippen LogP contribution >= 0.6 is 11.3 Å².